The number of ether oxygens (including phenoxy) is 1. The van der Waals surface area contributed by atoms with Crippen LogP contribution in [0.2, 0.25) is 0 Å². The smallest absolute Gasteiger partial charge is 0.379 e. The maximum atomic E-state index is 12.7. The minimum atomic E-state index is -4.38. The lowest BCUT2D eigenvalue weighted by atomic mass is 10.0. The fourth-order valence-electron chi connectivity index (χ4n) is 3.49. The Morgan fingerprint density at radius 1 is 1.14 bits per heavy atom. The first-order valence-corrected chi connectivity index (χ1v) is 9.64. The molecular weight excluding hydrogens is 381 g/mol. The molecule has 1 heterocycles. The van der Waals surface area contributed by atoms with Crippen LogP contribution >= 0.6 is 0 Å². The number of carbonyl (C=O) groups excluding carboxylic acids is 1. The third kappa shape index (κ3) is 6.05. The van der Waals surface area contributed by atoms with Gasteiger partial charge in [0, 0.05) is 19.6 Å². The van der Waals surface area contributed by atoms with Crippen molar-refractivity contribution < 1.29 is 22.7 Å². The summed E-state index contributed by atoms with van der Waals surface area (Å²) in [6.45, 7) is 5.34. The van der Waals surface area contributed by atoms with Crippen LogP contribution < -0.4 is 5.32 Å². The zero-order chi connectivity index (χ0) is 20.9. The Hall–Kier alpha value is -2.38. The summed E-state index contributed by atoms with van der Waals surface area (Å²) in [6.07, 6.45) is -4.33. The summed E-state index contributed by atoms with van der Waals surface area (Å²) in [6, 6.07) is 12.9. The lowest BCUT2D eigenvalue weighted by Gasteiger charge is -2.35. The van der Waals surface area contributed by atoms with Crippen molar-refractivity contribution in [2.75, 3.05) is 32.8 Å². The summed E-state index contributed by atoms with van der Waals surface area (Å²) in [5, 5.41) is 2.95. The van der Waals surface area contributed by atoms with E-state index in [1.165, 1.54) is 12.1 Å². The molecule has 1 unspecified atom stereocenters. The second-order valence-corrected chi connectivity index (χ2v) is 7.25. The number of nitrogens with one attached hydrogen (secondary N) is 1. The number of carbonyl (C=O) groups is 1. The molecule has 2 aromatic rings. The van der Waals surface area contributed by atoms with E-state index in [4.69, 9.17) is 4.74 Å². The third-order valence-electron chi connectivity index (χ3n) is 5.05. The van der Waals surface area contributed by atoms with Crippen molar-refractivity contribution in [3.05, 3.63) is 70.8 Å². The molecule has 0 spiro atoms. The van der Waals surface area contributed by atoms with Gasteiger partial charge in [0.15, 0.2) is 0 Å². The number of amides is 1. The highest BCUT2D eigenvalue weighted by Crippen LogP contribution is 2.29. The zero-order valence-electron chi connectivity index (χ0n) is 16.3. The molecule has 29 heavy (non-hydrogen) atoms. The number of morpholine rings is 1. The summed E-state index contributed by atoms with van der Waals surface area (Å²) in [5.74, 6) is -0.212. The highest BCUT2D eigenvalue weighted by molar-refractivity contribution is 5.78. The van der Waals surface area contributed by atoms with Crippen LogP contribution in [0.1, 0.15) is 28.3 Å². The molecule has 1 aliphatic rings. The topological polar surface area (TPSA) is 41.6 Å². The van der Waals surface area contributed by atoms with Crippen LogP contribution in [0.4, 0.5) is 13.2 Å². The predicted octanol–water partition coefficient (Wildman–Crippen LogP) is 3.75. The number of hydrogen-bond donors (Lipinski definition) is 1. The Kier molecular flexibility index (Phi) is 6.92. The summed E-state index contributed by atoms with van der Waals surface area (Å²) in [4.78, 5) is 14.7. The minimum Gasteiger partial charge on any atom is -0.379 e. The van der Waals surface area contributed by atoms with Crippen molar-refractivity contribution in [2.24, 2.45) is 0 Å². The molecule has 1 fully saturated rings. The molecule has 1 saturated heterocycles. The Balaban J connectivity index is 1.63. The van der Waals surface area contributed by atoms with Crippen LogP contribution in [0.5, 0.6) is 0 Å². The quantitative estimate of drug-likeness (QED) is 0.795. The monoisotopic (exact) mass is 406 g/mol. The molecule has 156 valence electrons. The number of halogens is 3. The molecule has 1 N–H and O–H groups in total. The summed E-state index contributed by atoms with van der Waals surface area (Å²) in [7, 11) is 0. The average Bonchev–Trinajstić information content (AvgIpc) is 2.69. The van der Waals surface area contributed by atoms with Gasteiger partial charge in [0.2, 0.25) is 5.91 Å². The number of hydrogen-bond acceptors (Lipinski definition) is 3. The molecule has 0 aliphatic carbocycles. The Bertz CT molecular complexity index is 816. The van der Waals surface area contributed by atoms with Gasteiger partial charge in [-0.05, 0) is 30.2 Å². The van der Waals surface area contributed by atoms with Gasteiger partial charge in [0.1, 0.15) is 0 Å². The average molecular weight is 406 g/mol. The van der Waals surface area contributed by atoms with Gasteiger partial charge in [-0.2, -0.15) is 13.2 Å². The normalized spacial score (nSPS) is 16.4. The molecule has 3 rings (SSSR count). The first kappa shape index (κ1) is 21.3. The first-order chi connectivity index (χ1) is 13.8. The van der Waals surface area contributed by atoms with Gasteiger partial charge in [0.25, 0.3) is 0 Å². The van der Waals surface area contributed by atoms with E-state index in [9.17, 15) is 18.0 Å². The van der Waals surface area contributed by atoms with Crippen LogP contribution in [0.25, 0.3) is 0 Å². The zero-order valence-corrected chi connectivity index (χ0v) is 16.3. The number of rotatable bonds is 6. The van der Waals surface area contributed by atoms with Gasteiger partial charge >= 0.3 is 6.18 Å². The van der Waals surface area contributed by atoms with E-state index in [1.54, 1.807) is 0 Å². The van der Waals surface area contributed by atoms with Gasteiger partial charge < -0.3 is 10.1 Å². The second-order valence-electron chi connectivity index (χ2n) is 7.25. The van der Waals surface area contributed by atoms with E-state index in [2.05, 4.69) is 22.3 Å². The lowest BCUT2D eigenvalue weighted by molar-refractivity contribution is -0.137. The van der Waals surface area contributed by atoms with E-state index in [0.717, 1.165) is 36.3 Å². The fourth-order valence-corrected chi connectivity index (χ4v) is 3.49. The molecule has 1 aliphatic heterocycles. The maximum Gasteiger partial charge on any atom is 0.416 e. The fraction of sp³-hybridized carbons (Fsp3) is 0.409. The molecule has 0 bridgehead atoms. The molecular formula is C22H25F3N2O2. The number of benzene rings is 2. The van der Waals surface area contributed by atoms with Crippen molar-refractivity contribution in [2.45, 2.75) is 25.6 Å². The molecule has 2 aromatic carbocycles. The van der Waals surface area contributed by atoms with Crippen LogP contribution in [0, 0.1) is 6.92 Å². The number of nitrogens with zero attached hydrogens (tertiary/aromatic N) is 1. The third-order valence-corrected chi connectivity index (χ3v) is 5.05. The van der Waals surface area contributed by atoms with Gasteiger partial charge in [0.05, 0.1) is 31.2 Å². The van der Waals surface area contributed by atoms with E-state index < -0.39 is 11.7 Å². The number of aryl methyl sites for hydroxylation is 1. The molecule has 4 nitrogen and oxygen atoms in total. The summed E-state index contributed by atoms with van der Waals surface area (Å²) in [5.41, 5.74) is 2.11. The van der Waals surface area contributed by atoms with Crippen molar-refractivity contribution in [1.29, 1.82) is 0 Å². The summed E-state index contributed by atoms with van der Waals surface area (Å²) >= 11 is 0. The molecule has 1 amide bonds. The SMILES string of the molecule is Cc1cccc(C(CNC(=O)Cc2ccc(C(F)(F)F)cc2)N2CCOCC2)c1. The molecule has 7 heteroatoms. The van der Waals surface area contributed by atoms with Gasteiger partial charge in [-0.3, -0.25) is 9.69 Å². The second kappa shape index (κ2) is 9.41. The molecule has 0 aromatic heterocycles. The Morgan fingerprint density at radius 3 is 2.45 bits per heavy atom. The number of alkyl halides is 3. The first-order valence-electron chi connectivity index (χ1n) is 9.64. The van der Waals surface area contributed by atoms with E-state index in [-0.39, 0.29) is 18.4 Å². The summed E-state index contributed by atoms with van der Waals surface area (Å²) < 4.78 is 43.4. The molecule has 0 radical (unpaired) electrons. The van der Waals surface area contributed by atoms with E-state index in [0.29, 0.717) is 25.3 Å². The van der Waals surface area contributed by atoms with Crippen molar-refractivity contribution in [1.82, 2.24) is 10.2 Å². The molecule has 0 saturated carbocycles. The van der Waals surface area contributed by atoms with E-state index >= 15 is 0 Å². The highest BCUT2D eigenvalue weighted by atomic mass is 19.4. The van der Waals surface area contributed by atoms with Crippen LogP contribution in [0.15, 0.2) is 48.5 Å². The Morgan fingerprint density at radius 2 is 1.83 bits per heavy atom. The van der Waals surface area contributed by atoms with E-state index in [1.807, 2.05) is 19.1 Å². The molecule has 1 atom stereocenters. The van der Waals surface area contributed by atoms with Gasteiger partial charge in [-0.25, -0.2) is 0 Å². The highest BCUT2D eigenvalue weighted by Gasteiger charge is 2.30. The van der Waals surface area contributed by atoms with Crippen molar-refractivity contribution in [3.8, 4) is 0 Å². The largest absolute Gasteiger partial charge is 0.416 e. The Labute approximate surface area is 168 Å². The maximum absolute atomic E-state index is 12.7. The standard InChI is InChI=1S/C22H25F3N2O2/c1-16-3-2-4-18(13-16)20(27-9-11-29-12-10-27)15-26-21(28)14-17-5-7-19(8-6-17)22(23,24)25/h2-8,13,20H,9-12,14-15H2,1H3,(H,26,28). The van der Waals surface area contributed by atoms with Crippen LogP contribution in [-0.2, 0) is 22.1 Å². The van der Waals surface area contributed by atoms with Gasteiger partial charge in [-0.15, -0.1) is 0 Å². The van der Waals surface area contributed by atoms with Crippen molar-refractivity contribution >= 4 is 5.91 Å². The minimum absolute atomic E-state index is 0.0235. The van der Waals surface area contributed by atoms with Crippen LogP contribution in [0.3, 0.4) is 0 Å². The van der Waals surface area contributed by atoms with Crippen LogP contribution in [-0.4, -0.2) is 43.7 Å². The van der Waals surface area contributed by atoms with Gasteiger partial charge in [-0.1, -0.05) is 42.0 Å². The van der Waals surface area contributed by atoms with Crippen molar-refractivity contribution in [3.63, 3.8) is 0 Å². The predicted molar refractivity (Wildman–Crippen MR) is 104 cm³/mol. The lowest BCUT2D eigenvalue weighted by Crippen LogP contribution is -2.44.